The van der Waals surface area contributed by atoms with E-state index >= 15 is 0 Å². The molecule has 2 rings (SSSR count). The first-order valence-electron chi connectivity index (χ1n) is 5.42. The van der Waals surface area contributed by atoms with Crippen LogP contribution >= 0.6 is 0 Å². The summed E-state index contributed by atoms with van der Waals surface area (Å²) in [6.45, 7) is 3.48. The molecule has 2 aromatic rings. The number of Topliss-reactive ketones (excluding diaryl/α,β-unsaturated/α-hetero) is 1. The highest BCUT2D eigenvalue weighted by molar-refractivity contribution is 6.11. The fourth-order valence-electron chi connectivity index (χ4n) is 1.72. The van der Waals surface area contributed by atoms with E-state index in [4.69, 9.17) is 0 Å². The largest absolute Gasteiger partial charge is 0.311 e. The Bertz CT molecular complexity index is 551. The van der Waals surface area contributed by atoms with Crippen molar-refractivity contribution in [2.45, 2.75) is 20.3 Å². The monoisotopic (exact) mass is 247 g/mol. The molecule has 0 saturated carbocycles. The van der Waals surface area contributed by atoms with Gasteiger partial charge in [0, 0.05) is 11.8 Å². The van der Waals surface area contributed by atoms with Crippen molar-refractivity contribution in [1.29, 1.82) is 0 Å². The van der Waals surface area contributed by atoms with Crippen molar-refractivity contribution in [3.05, 3.63) is 29.2 Å². The smallest absolute Gasteiger partial charge is 0.233 e. The maximum atomic E-state index is 11.9. The predicted molar refractivity (Wildman–Crippen MR) is 64.2 cm³/mol. The highest BCUT2D eigenvalue weighted by atomic mass is 16.2. The van der Waals surface area contributed by atoms with Crippen LogP contribution in [0.25, 0.3) is 0 Å². The first-order valence-corrected chi connectivity index (χ1v) is 5.42. The lowest BCUT2D eigenvalue weighted by Crippen LogP contribution is -2.17. The minimum absolute atomic E-state index is 0.222. The van der Waals surface area contributed by atoms with Gasteiger partial charge in [0.1, 0.15) is 5.82 Å². The molecule has 0 aromatic carbocycles. The molecule has 0 spiro atoms. The molecule has 18 heavy (non-hydrogen) atoms. The number of aromatic amines is 2. The first kappa shape index (κ1) is 12.0. The van der Waals surface area contributed by atoms with Gasteiger partial charge in [-0.3, -0.25) is 19.8 Å². The average molecular weight is 247 g/mol. The van der Waals surface area contributed by atoms with Crippen LogP contribution in [0, 0.1) is 13.8 Å². The maximum Gasteiger partial charge on any atom is 0.233 e. The van der Waals surface area contributed by atoms with Gasteiger partial charge in [-0.2, -0.15) is 10.2 Å². The molecule has 0 fully saturated rings. The third kappa shape index (κ3) is 2.45. The number of hydrogen-bond donors (Lipinski definition) is 3. The summed E-state index contributed by atoms with van der Waals surface area (Å²) in [7, 11) is 0. The van der Waals surface area contributed by atoms with Crippen LogP contribution in [-0.4, -0.2) is 32.1 Å². The molecule has 7 heteroatoms. The third-order valence-corrected chi connectivity index (χ3v) is 2.50. The van der Waals surface area contributed by atoms with E-state index in [0.29, 0.717) is 22.8 Å². The Balaban J connectivity index is 2.02. The normalized spacial score (nSPS) is 10.3. The Hall–Kier alpha value is -2.44. The molecule has 0 unspecified atom stereocenters. The first-order chi connectivity index (χ1) is 8.58. The second-order valence-corrected chi connectivity index (χ2v) is 3.93. The number of nitrogens with one attached hydrogen (secondary N) is 3. The average Bonchev–Trinajstić information content (AvgIpc) is 2.89. The van der Waals surface area contributed by atoms with Crippen molar-refractivity contribution >= 4 is 17.5 Å². The third-order valence-electron chi connectivity index (χ3n) is 2.50. The van der Waals surface area contributed by atoms with Gasteiger partial charge in [-0.25, -0.2) is 0 Å². The van der Waals surface area contributed by atoms with E-state index in [9.17, 15) is 9.59 Å². The zero-order valence-corrected chi connectivity index (χ0v) is 10.1. The molecule has 2 aromatic heterocycles. The quantitative estimate of drug-likeness (QED) is 0.553. The summed E-state index contributed by atoms with van der Waals surface area (Å²) in [4.78, 5) is 23.6. The zero-order chi connectivity index (χ0) is 13.1. The molecule has 3 N–H and O–H groups in total. The fourth-order valence-corrected chi connectivity index (χ4v) is 1.72. The Morgan fingerprint density at radius 3 is 2.67 bits per heavy atom. The summed E-state index contributed by atoms with van der Waals surface area (Å²) < 4.78 is 0. The van der Waals surface area contributed by atoms with Crippen molar-refractivity contribution < 1.29 is 9.59 Å². The standard InChI is InChI=1S/C11H13N5O2/c1-6-11(7(2)15-14-6)8(17)5-10(18)13-9-3-4-12-16-9/h3-4H,5H2,1-2H3,(H,14,15)(H2,12,13,16,18). The Kier molecular flexibility index (Phi) is 3.22. The van der Waals surface area contributed by atoms with Crippen molar-refractivity contribution in [1.82, 2.24) is 20.4 Å². The van der Waals surface area contributed by atoms with Gasteiger partial charge >= 0.3 is 0 Å². The number of rotatable bonds is 4. The number of ketones is 1. The topological polar surface area (TPSA) is 104 Å². The molecule has 0 radical (unpaired) electrons. The Morgan fingerprint density at radius 2 is 2.11 bits per heavy atom. The molecular weight excluding hydrogens is 234 g/mol. The molecule has 7 nitrogen and oxygen atoms in total. The molecule has 2 heterocycles. The fraction of sp³-hybridized carbons (Fsp3) is 0.273. The lowest BCUT2D eigenvalue weighted by atomic mass is 10.1. The van der Waals surface area contributed by atoms with E-state index in [1.807, 2.05) is 0 Å². The van der Waals surface area contributed by atoms with Crippen LogP contribution in [-0.2, 0) is 4.79 Å². The van der Waals surface area contributed by atoms with Crippen molar-refractivity contribution in [3.8, 4) is 0 Å². The maximum absolute atomic E-state index is 11.9. The SMILES string of the molecule is Cc1n[nH]c(C)c1C(=O)CC(=O)Nc1ccn[nH]1. The highest BCUT2D eigenvalue weighted by Gasteiger charge is 2.18. The van der Waals surface area contributed by atoms with E-state index in [2.05, 4.69) is 25.7 Å². The van der Waals surface area contributed by atoms with Gasteiger partial charge in [-0.05, 0) is 13.8 Å². The van der Waals surface area contributed by atoms with Gasteiger partial charge < -0.3 is 5.32 Å². The lowest BCUT2D eigenvalue weighted by Gasteiger charge is -2.02. The Labute approximate surface area is 103 Å². The minimum Gasteiger partial charge on any atom is -0.311 e. The number of carbonyl (C=O) groups excluding carboxylic acids is 2. The second kappa shape index (κ2) is 4.82. The number of aromatic nitrogens is 4. The number of hydrogen-bond acceptors (Lipinski definition) is 4. The number of anilines is 1. The second-order valence-electron chi connectivity index (χ2n) is 3.93. The lowest BCUT2D eigenvalue weighted by molar-refractivity contribution is -0.115. The van der Waals surface area contributed by atoms with Gasteiger partial charge in [-0.1, -0.05) is 0 Å². The summed E-state index contributed by atoms with van der Waals surface area (Å²) in [5.41, 5.74) is 1.76. The molecule has 0 aliphatic rings. The van der Waals surface area contributed by atoms with E-state index in [-0.39, 0.29) is 18.1 Å². The van der Waals surface area contributed by atoms with Gasteiger partial charge in [0.25, 0.3) is 0 Å². The summed E-state index contributed by atoms with van der Waals surface area (Å²) in [5, 5.41) is 15.5. The minimum atomic E-state index is -0.385. The molecule has 0 atom stereocenters. The van der Waals surface area contributed by atoms with Gasteiger partial charge in [0.15, 0.2) is 5.78 Å². The number of aryl methyl sites for hydroxylation is 2. The number of nitrogens with zero attached hydrogens (tertiary/aromatic N) is 2. The zero-order valence-electron chi connectivity index (χ0n) is 10.1. The van der Waals surface area contributed by atoms with E-state index in [0.717, 1.165) is 0 Å². The van der Waals surface area contributed by atoms with Crippen molar-refractivity contribution in [2.75, 3.05) is 5.32 Å². The molecule has 0 aliphatic heterocycles. The molecule has 1 amide bonds. The Morgan fingerprint density at radius 1 is 1.33 bits per heavy atom. The predicted octanol–water partition coefficient (Wildman–Crippen LogP) is 0.961. The van der Waals surface area contributed by atoms with Crippen LogP contribution in [0.3, 0.4) is 0 Å². The van der Waals surface area contributed by atoms with Crippen LogP contribution in [0.1, 0.15) is 28.2 Å². The molecule has 94 valence electrons. The summed E-state index contributed by atoms with van der Waals surface area (Å²) in [6, 6.07) is 1.61. The molecular formula is C11H13N5O2. The van der Waals surface area contributed by atoms with Gasteiger partial charge in [0.2, 0.25) is 5.91 Å². The number of amides is 1. The summed E-state index contributed by atoms with van der Waals surface area (Å²) in [5.74, 6) is -0.173. The van der Waals surface area contributed by atoms with Crippen LogP contribution in [0.2, 0.25) is 0 Å². The van der Waals surface area contributed by atoms with Crippen LogP contribution in [0.4, 0.5) is 5.82 Å². The van der Waals surface area contributed by atoms with E-state index < -0.39 is 0 Å². The highest BCUT2D eigenvalue weighted by Crippen LogP contribution is 2.12. The summed E-state index contributed by atoms with van der Waals surface area (Å²) in [6.07, 6.45) is 1.29. The van der Waals surface area contributed by atoms with Crippen LogP contribution < -0.4 is 5.32 Å². The van der Waals surface area contributed by atoms with E-state index in [1.54, 1.807) is 19.9 Å². The number of carbonyl (C=O) groups is 2. The van der Waals surface area contributed by atoms with Gasteiger partial charge in [0.05, 0.1) is 23.9 Å². The van der Waals surface area contributed by atoms with E-state index in [1.165, 1.54) is 6.20 Å². The van der Waals surface area contributed by atoms with Crippen LogP contribution in [0.15, 0.2) is 12.3 Å². The van der Waals surface area contributed by atoms with Crippen molar-refractivity contribution in [3.63, 3.8) is 0 Å². The van der Waals surface area contributed by atoms with Gasteiger partial charge in [-0.15, -0.1) is 0 Å². The molecule has 0 saturated heterocycles. The molecule has 0 bridgehead atoms. The summed E-state index contributed by atoms with van der Waals surface area (Å²) >= 11 is 0. The molecule has 0 aliphatic carbocycles. The number of H-pyrrole nitrogens is 2. The van der Waals surface area contributed by atoms with Crippen molar-refractivity contribution in [2.24, 2.45) is 0 Å². The van der Waals surface area contributed by atoms with Crippen LogP contribution in [0.5, 0.6) is 0 Å².